The normalized spacial score (nSPS) is 22.1. The molecule has 2 fully saturated rings. The van der Waals surface area contributed by atoms with Crippen molar-refractivity contribution in [3.8, 4) is 0 Å². The van der Waals surface area contributed by atoms with Gasteiger partial charge in [0.25, 0.3) is 0 Å². The minimum atomic E-state index is -3.80. The number of ether oxygens (including phenoxy) is 1. The number of sulfonamides is 1. The molecule has 3 rings (SSSR count). The molecular formula is C18H25Cl2N3O4S. The highest BCUT2D eigenvalue weighted by Gasteiger charge is 2.34. The summed E-state index contributed by atoms with van der Waals surface area (Å²) in [6.45, 7) is 4.99. The molecule has 1 aromatic carbocycles. The Kier molecular flexibility index (Phi) is 7.58. The Hall–Kier alpha value is -0.900. The number of hydrogen-bond donors (Lipinski definition) is 1. The van der Waals surface area contributed by atoms with E-state index in [1.165, 1.54) is 16.4 Å². The number of amides is 1. The smallest absolute Gasteiger partial charge is 0.244 e. The molecule has 1 N–H and O–H groups in total. The van der Waals surface area contributed by atoms with Gasteiger partial charge in [0, 0.05) is 44.3 Å². The number of carbonyl (C=O) groups is 1. The van der Waals surface area contributed by atoms with Crippen LogP contribution in [-0.4, -0.2) is 76.0 Å². The Morgan fingerprint density at radius 2 is 1.96 bits per heavy atom. The predicted molar refractivity (Wildman–Crippen MR) is 108 cm³/mol. The lowest BCUT2D eigenvalue weighted by molar-refractivity contribution is -0.126. The minimum Gasteiger partial charge on any atom is -0.379 e. The van der Waals surface area contributed by atoms with Crippen LogP contribution in [0.15, 0.2) is 23.1 Å². The van der Waals surface area contributed by atoms with Crippen molar-refractivity contribution in [3.63, 3.8) is 0 Å². The van der Waals surface area contributed by atoms with E-state index in [2.05, 4.69) is 10.2 Å². The van der Waals surface area contributed by atoms with Gasteiger partial charge >= 0.3 is 0 Å². The van der Waals surface area contributed by atoms with Gasteiger partial charge in [0.2, 0.25) is 15.9 Å². The van der Waals surface area contributed by atoms with Gasteiger partial charge in [0.15, 0.2) is 0 Å². The number of piperidine rings is 1. The third kappa shape index (κ3) is 5.37. The first-order chi connectivity index (χ1) is 13.4. The summed E-state index contributed by atoms with van der Waals surface area (Å²) in [6.07, 6.45) is 1.29. The van der Waals surface area contributed by atoms with Crippen molar-refractivity contribution in [3.05, 3.63) is 28.2 Å². The molecule has 1 amide bonds. The SMILES string of the molecule is O=C(NCCN1CCOCC1)[C@@H]1CCCN(S(=O)(=O)c2cc(Cl)ccc2Cl)C1. The van der Waals surface area contributed by atoms with Crippen LogP contribution >= 0.6 is 23.2 Å². The summed E-state index contributed by atoms with van der Waals surface area (Å²) < 4.78 is 32.6. The van der Waals surface area contributed by atoms with E-state index in [9.17, 15) is 13.2 Å². The second kappa shape index (κ2) is 9.73. The summed E-state index contributed by atoms with van der Waals surface area (Å²) in [7, 11) is -3.80. The summed E-state index contributed by atoms with van der Waals surface area (Å²) in [5, 5.41) is 3.37. The van der Waals surface area contributed by atoms with Crippen LogP contribution < -0.4 is 5.32 Å². The number of benzene rings is 1. The third-order valence-electron chi connectivity index (χ3n) is 5.10. The van der Waals surface area contributed by atoms with E-state index >= 15 is 0 Å². The molecule has 0 aliphatic carbocycles. The summed E-state index contributed by atoms with van der Waals surface area (Å²) in [6, 6.07) is 4.37. The van der Waals surface area contributed by atoms with E-state index in [-0.39, 0.29) is 28.3 Å². The van der Waals surface area contributed by atoms with Crippen molar-refractivity contribution in [1.82, 2.24) is 14.5 Å². The summed E-state index contributed by atoms with van der Waals surface area (Å²) in [5.41, 5.74) is 0. The molecule has 0 radical (unpaired) electrons. The molecule has 10 heteroatoms. The fourth-order valence-electron chi connectivity index (χ4n) is 3.50. The van der Waals surface area contributed by atoms with Crippen molar-refractivity contribution in [2.45, 2.75) is 17.7 Å². The van der Waals surface area contributed by atoms with Crippen LogP contribution in [0.3, 0.4) is 0 Å². The lowest BCUT2D eigenvalue weighted by Crippen LogP contribution is -2.47. The highest BCUT2D eigenvalue weighted by Crippen LogP contribution is 2.30. The maximum atomic E-state index is 13.0. The fraction of sp³-hybridized carbons (Fsp3) is 0.611. The molecule has 0 saturated carbocycles. The lowest BCUT2D eigenvalue weighted by atomic mass is 9.99. The van der Waals surface area contributed by atoms with Crippen LogP contribution in [0.4, 0.5) is 0 Å². The Bertz CT molecular complexity index is 800. The quantitative estimate of drug-likeness (QED) is 0.716. The molecule has 1 atom stereocenters. The third-order valence-corrected chi connectivity index (χ3v) is 7.68. The van der Waals surface area contributed by atoms with Gasteiger partial charge in [-0.3, -0.25) is 9.69 Å². The molecule has 28 heavy (non-hydrogen) atoms. The second-order valence-corrected chi connectivity index (χ2v) is 9.77. The molecule has 2 aliphatic heterocycles. The number of rotatable bonds is 6. The van der Waals surface area contributed by atoms with Gasteiger partial charge in [-0.2, -0.15) is 4.31 Å². The molecule has 0 spiro atoms. The number of halogens is 2. The average Bonchev–Trinajstić information content (AvgIpc) is 2.70. The topological polar surface area (TPSA) is 79.0 Å². The first-order valence-electron chi connectivity index (χ1n) is 9.41. The highest BCUT2D eigenvalue weighted by molar-refractivity contribution is 7.89. The summed E-state index contributed by atoms with van der Waals surface area (Å²) in [5.74, 6) is -0.475. The number of hydrogen-bond acceptors (Lipinski definition) is 5. The maximum Gasteiger partial charge on any atom is 0.244 e. The van der Waals surface area contributed by atoms with Crippen LogP contribution in [0, 0.1) is 5.92 Å². The van der Waals surface area contributed by atoms with Gasteiger partial charge in [-0.25, -0.2) is 8.42 Å². The van der Waals surface area contributed by atoms with Gasteiger partial charge in [-0.1, -0.05) is 23.2 Å². The Morgan fingerprint density at radius 3 is 2.71 bits per heavy atom. The van der Waals surface area contributed by atoms with Crippen molar-refractivity contribution in [2.75, 3.05) is 52.5 Å². The van der Waals surface area contributed by atoms with Crippen LogP contribution in [0.5, 0.6) is 0 Å². The molecule has 1 aromatic rings. The van der Waals surface area contributed by atoms with E-state index in [4.69, 9.17) is 27.9 Å². The highest BCUT2D eigenvalue weighted by atomic mass is 35.5. The Labute approximate surface area is 176 Å². The zero-order chi connectivity index (χ0) is 20.1. The molecule has 0 unspecified atom stereocenters. The van der Waals surface area contributed by atoms with Crippen LogP contribution in [0.25, 0.3) is 0 Å². The Balaban J connectivity index is 1.58. The van der Waals surface area contributed by atoms with E-state index in [1.807, 2.05) is 0 Å². The van der Waals surface area contributed by atoms with Gasteiger partial charge in [-0.05, 0) is 31.0 Å². The molecule has 7 nitrogen and oxygen atoms in total. The van der Waals surface area contributed by atoms with E-state index in [1.54, 1.807) is 6.07 Å². The van der Waals surface area contributed by atoms with Crippen LogP contribution in [0.1, 0.15) is 12.8 Å². The molecule has 0 aromatic heterocycles. The molecule has 2 heterocycles. The fourth-order valence-corrected chi connectivity index (χ4v) is 5.76. The zero-order valence-corrected chi connectivity index (χ0v) is 17.9. The standard InChI is InChI=1S/C18H25Cl2N3O4S/c19-15-3-4-16(20)17(12-15)28(25,26)23-6-1-2-14(13-23)18(24)21-5-7-22-8-10-27-11-9-22/h3-4,12,14H,1-2,5-11,13H2,(H,21,24)/t14-/m1/s1. The molecule has 0 bridgehead atoms. The van der Waals surface area contributed by atoms with Crippen molar-refractivity contribution >= 4 is 39.1 Å². The molecular weight excluding hydrogens is 425 g/mol. The van der Waals surface area contributed by atoms with Crippen molar-refractivity contribution < 1.29 is 17.9 Å². The summed E-state index contributed by atoms with van der Waals surface area (Å²) >= 11 is 12.0. The number of nitrogens with zero attached hydrogens (tertiary/aromatic N) is 2. The molecule has 2 aliphatic rings. The first kappa shape index (κ1) is 21.8. The second-order valence-electron chi connectivity index (χ2n) is 7.02. The summed E-state index contributed by atoms with van der Waals surface area (Å²) in [4.78, 5) is 14.8. The van der Waals surface area contributed by atoms with Crippen molar-refractivity contribution in [2.24, 2.45) is 5.92 Å². The largest absolute Gasteiger partial charge is 0.379 e. The predicted octanol–water partition coefficient (Wildman–Crippen LogP) is 1.84. The van der Waals surface area contributed by atoms with Crippen LogP contribution in [-0.2, 0) is 19.6 Å². The van der Waals surface area contributed by atoms with Gasteiger partial charge in [0.1, 0.15) is 4.90 Å². The van der Waals surface area contributed by atoms with Gasteiger partial charge in [0.05, 0.1) is 24.2 Å². The van der Waals surface area contributed by atoms with Gasteiger partial charge < -0.3 is 10.1 Å². The van der Waals surface area contributed by atoms with Crippen LogP contribution in [0.2, 0.25) is 10.0 Å². The average molecular weight is 450 g/mol. The van der Waals surface area contributed by atoms with E-state index in [0.717, 1.165) is 32.8 Å². The van der Waals surface area contributed by atoms with E-state index < -0.39 is 10.0 Å². The molecule has 2 saturated heterocycles. The monoisotopic (exact) mass is 449 g/mol. The number of carbonyl (C=O) groups excluding carboxylic acids is 1. The lowest BCUT2D eigenvalue weighted by Gasteiger charge is -2.32. The van der Waals surface area contributed by atoms with Gasteiger partial charge in [-0.15, -0.1) is 0 Å². The number of morpholine rings is 1. The number of nitrogens with one attached hydrogen (secondary N) is 1. The minimum absolute atomic E-state index is 0.0185. The maximum absolute atomic E-state index is 13.0. The van der Waals surface area contributed by atoms with E-state index in [0.29, 0.717) is 31.0 Å². The first-order valence-corrected chi connectivity index (χ1v) is 11.6. The Morgan fingerprint density at radius 1 is 1.21 bits per heavy atom. The molecule has 156 valence electrons. The zero-order valence-electron chi connectivity index (χ0n) is 15.6. The van der Waals surface area contributed by atoms with Crippen molar-refractivity contribution in [1.29, 1.82) is 0 Å².